The highest BCUT2D eigenvalue weighted by Gasteiger charge is 2.34. The van der Waals surface area contributed by atoms with Gasteiger partial charge in [-0.2, -0.15) is 0 Å². The number of cyclic esters (lactones) is 1. The highest BCUT2D eigenvalue weighted by Crippen LogP contribution is 2.29. The number of aliphatic hydroxyl groups excluding tert-OH is 1. The number of hydrogen-bond donors (Lipinski definition) is 1. The number of hydrogen-bond acceptors (Lipinski definition) is 3. The molecule has 0 aromatic heterocycles. The van der Waals surface area contributed by atoms with E-state index in [1.807, 2.05) is 30.3 Å². The Kier molecular flexibility index (Phi) is 2.02. The molecule has 0 spiro atoms. The van der Waals surface area contributed by atoms with Crippen LogP contribution in [0.2, 0.25) is 0 Å². The summed E-state index contributed by atoms with van der Waals surface area (Å²) in [4.78, 5) is 10.9. The third-order valence-electron chi connectivity index (χ3n) is 2.11. The van der Waals surface area contributed by atoms with Gasteiger partial charge >= 0.3 is 5.97 Å². The zero-order valence-corrected chi connectivity index (χ0v) is 7.01. The highest BCUT2D eigenvalue weighted by atomic mass is 16.6. The standard InChI is InChI=1S/C10H10O3/c11-8-6-9(12)13-10(8)7-4-2-1-3-5-7/h1-5,8,10-11H,6H2/t8-,10+/m1/s1. The summed E-state index contributed by atoms with van der Waals surface area (Å²) >= 11 is 0. The molecule has 0 radical (unpaired) electrons. The minimum Gasteiger partial charge on any atom is -0.455 e. The van der Waals surface area contributed by atoms with Gasteiger partial charge in [0.2, 0.25) is 0 Å². The van der Waals surface area contributed by atoms with Crippen molar-refractivity contribution in [3.63, 3.8) is 0 Å². The quantitative estimate of drug-likeness (QED) is 0.653. The minimum atomic E-state index is -0.699. The van der Waals surface area contributed by atoms with Crippen LogP contribution in [-0.2, 0) is 9.53 Å². The Labute approximate surface area is 76.0 Å². The minimum absolute atomic E-state index is 0.0968. The fourth-order valence-electron chi connectivity index (χ4n) is 1.48. The molecule has 0 unspecified atom stereocenters. The van der Waals surface area contributed by atoms with Gasteiger partial charge in [-0.25, -0.2) is 0 Å². The van der Waals surface area contributed by atoms with Gasteiger partial charge in [0, 0.05) is 0 Å². The van der Waals surface area contributed by atoms with Crippen LogP contribution in [0.4, 0.5) is 0 Å². The lowest BCUT2D eigenvalue weighted by molar-refractivity contribution is -0.142. The second-order valence-corrected chi connectivity index (χ2v) is 3.09. The van der Waals surface area contributed by atoms with Crippen molar-refractivity contribution in [3.8, 4) is 0 Å². The van der Waals surface area contributed by atoms with E-state index in [0.29, 0.717) is 0 Å². The molecular formula is C10H10O3. The molecule has 0 amide bonds. The second-order valence-electron chi connectivity index (χ2n) is 3.09. The van der Waals surface area contributed by atoms with Gasteiger partial charge in [-0.05, 0) is 5.56 Å². The monoisotopic (exact) mass is 178 g/mol. The Morgan fingerprint density at radius 2 is 2.00 bits per heavy atom. The Hall–Kier alpha value is -1.35. The van der Waals surface area contributed by atoms with Crippen LogP contribution in [0.5, 0.6) is 0 Å². The van der Waals surface area contributed by atoms with E-state index in [9.17, 15) is 9.90 Å². The molecule has 2 rings (SSSR count). The largest absolute Gasteiger partial charge is 0.455 e. The lowest BCUT2D eigenvalue weighted by Crippen LogP contribution is -2.11. The molecule has 1 heterocycles. The smallest absolute Gasteiger partial charge is 0.309 e. The molecule has 1 N–H and O–H groups in total. The predicted molar refractivity (Wildman–Crippen MR) is 45.9 cm³/mol. The van der Waals surface area contributed by atoms with E-state index in [1.165, 1.54) is 0 Å². The maximum absolute atomic E-state index is 10.9. The molecular weight excluding hydrogens is 168 g/mol. The molecule has 2 atom stereocenters. The lowest BCUT2D eigenvalue weighted by Gasteiger charge is -2.12. The van der Waals surface area contributed by atoms with E-state index in [2.05, 4.69) is 0 Å². The fraction of sp³-hybridized carbons (Fsp3) is 0.300. The molecule has 0 bridgehead atoms. The van der Waals surface area contributed by atoms with E-state index in [4.69, 9.17) is 4.74 Å². The van der Waals surface area contributed by atoms with Crippen LogP contribution in [0.3, 0.4) is 0 Å². The number of esters is 1. The first-order valence-corrected chi connectivity index (χ1v) is 4.20. The van der Waals surface area contributed by atoms with Crippen molar-refractivity contribution in [2.24, 2.45) is 0 Å². The van der Waals surface area contributed by atoms with Crippen molar-refractivity contribution in [1.29, 1.82) is 0 Å². The molecule has 0 aliphatic carbocycles. The third kappa shape index (κ3) is 1.55. The molecule has 3 nitrogen and oxygen atoms in total. The molecule has 68 valence electrons. The van der Waals surface area contributed by atoms with Crippen LogP contribution in [0, 0.1) is 0 Å². The first-order chi connectivity index (χ1) is 6.27. The average Bonchev–Trinajstić information content (AvgIpc) is 2.47. The van der Waals surface area contributed by atoms with Crippen molar-refractivity contribution in [2.45, 2.75) is 18.6 Å². The van der Waals surface area contributed by atoms with Gasteiger partial charge in [-0.1, -0.05) is 30.3 Å². The summed E-state index contributed by atoms with van der Waals surface area (Å²) in [7, 11) is 0. The van der Waals surface area contributed by atoms with Crippen molar-refractivity contribution in [2.75, 3.05) is 0 Å². The van der Waals surface area contributed by atoms with Crippen LogP contribution < -0.4 is 0 Å². The van der Waals surface area contributed by atoms with Gasteiger partial charge in [0.1, 0.15) is 6.10 Å². The summed E-state index contributed by atoms with van der Waals surface area (Å²) in [6.45, 7) is 0. The fourth-order valence-corrected chi connectivity index (χ4v) is 1.48. The van der Waals surface area contributed by atoms with Crippen LogP contribution in [0.25, 0.3) is 0 Å². The van der Waals surface area contributed by atoms with Crippen LogP contribution in [0.15, 0.2) is 30.3 Å². The zero-order chi connectivity index (χ0) is 9.26. The lowest BCUT2D eigenvalue weighted by atomic mass is 10.0. The van der Waals surface area contributed by atoms with E-state index in [0.717, 1.165) is 5.56 Å². The molecule has 1 aliphatic rings. The van der Waals surface area contributed by atoms with Gasteiger partial charge < -0.3 is 9.84 Å². The van der Waals surface area contributed by atoms with E-state index in [1.54, 1.807) is 0 Å². The SMILES string of the molecule is O=C1C[C@@H](O)[C@H](c2ccccc2)O1. The number of rotatable bonds is 1. The Morgan fingerprint density at radius 3 is 2.54 bits per heavy atom. The molecule has 1 fully saturated rings. The maximum Gasteiger partial charge on any atom is 0.309 e. The van der Waals surface area contributed by atoms with Gasteiger partial charge in [0.05, 0.1) is 6.42 Å². The normalized spacial score (nSPS) is 27.3. The van der Waals surface area contributed by atoms with Gasteiger partial charge in [0.25, 0.3) is 0 Å². The summed E-state index contributed by atoms with van der Waals surface area (Å²) < 4.78 is 4.97. The summed E-state index contributed by atoms with van der Waals surface area (Å²) in [6, 6.07) is 9.27. The van der Waals surface area contributed by atoms with E-state index < -0.39 is 12.2 Å². The van der Waals surface area contributed by atoms with Crippen LogP contribution >= 0.6 is 0 Å². The van der Waals surface area contributed by atoms with Gasteiger partial charge in [0.15, 0.2) is 6.10 Å². The molecule has 1 aromatic carbocycles. The summed E-state index contributed by atoms with van der Waals surface area (Å²) in [5, 5.41) is 9.47. The van der Waals surface area contributed by atoms with E-state index in [-0.39, 0.29) is 12.4 Å². The zero-order valence-electron chi connectivity index (χ0n) is 7.01. The van der Waals surface area contributed by atoms with Crippen molar-refractivity contribution < 1.29 is 14.6 Å². The highest BCUT2D eigenvalue weighted by molar-refractivity contribution is 5.72. The number of benzene rings is 1. The van der Waals surface area contributed by atoms with Crippen molar-refractivity contribution >= 4 is 5.97 Å². The van der Waals surface area contributed by atoms with Crippen molar-refractivity contribution in [3.05, 3.63) is 35.9 Å². The molecule has 1 saturated heterocycles. The Morgan fingerprint density at radius 1 is 1.31 bits per heavy atom. The Bertz CT molecular complexity index is 307. The number of aliphatic hydroxyl groups is 1. The number of carbonyl (C=O) groups is 1. The molecule has 1 aliphatic heterocycles. The molecule has 13 heavy (non-hydrogen) atoms. The number of carbonyl (C=O) groups excluding carboxylic acids is 1. The third-order valence-corrected chi connectivity index (χ3v) is 2.11. The molecule has 3 heteroatoms. The topological polar surface area (TPSA) is 46.5 Å². The van der Waals surface area contributed by atoms with Gasteiger partial charge in [-0.3, -0.25) is 4.79 Å². The van der Waals surface area contributed by atoms with E-state index >= 15 is 0 Å². The average molecular weight is 178 g/mol. The van der Waals surface area contributed by atoms with Gasteiger partial charge in [-0.15, -0.1) is 0 Å². The summed E-state index contributed by atoms with van der Waals surface area (Å²) in [5.74, 6) is -0.332. The first kappa shape index (κ1) is 8.26. The maximum atomic E-state index is 10.9. The summed E-state index contributed by atoms with van der Waals surface area (Å²) in [5.41, 5.74) is 0.848. The second kappa shape index (κ2) is 3.18. The molecule has 0 saturated carbocycles. The number of ether oxygens (including phenoxy) is 1. The predicted octanol–water partition coefficient (Wildman–Crippen LogP) is 1.04. The van der Waals surface area contributed by atoms with Crippen LogP contribution in [0.1, 0.15) is 18.1 Å². The van der Waals surface area contributed by atoms with Crippen molar-refractivity contribution in [1.82, 2.24) is 0 Å². The summed E-state index contributed by atoms with van der Waals surface area (Å²) in [6.07, 6.45) is -1.08. The Balaban J connectivity index is 2.23. The van der Waals surface area contributed by atoms with Crippen LogP contribution in [-0.4, -0.2) is 17.2 Å². The molecule has 1 aromatic rings. The first-order valence-electron chi connectivity index (χ1n) is 4.20.